The van der Waals surface area contributed by atoms with Gasteiger partial charge in [-0.2, -0.15) is 5.10 Å². The summed E-state index contributed by atoms with van der Waals surface area (Å²) in [4.78, 5) is 29.8. The van der Waals surface area contributed by atoms with Crippen molar-refractivity contribution in [1.82, 2.24) is 10.2 Å². The highest BCUT2D eigenvalue weighted by Crippen LogP contribution is 2.39. The number of aryl methyl sites for hydroxylation is 1. The van der Waals surface area contributed by atoms with Gasteiger partial charge < -0.3 is 9.80 Å². The Morgan fingerprint density at radius 2 is 1.96 bits per heavy atom. The van der Waals surface area contributed by atoms with E-state index in [1.54, 1.807) is 18.7 Å². The number of carbonyl (C=O) groups is 1. The number of rotatable bonds is 1. The maximum atomic E-state index is 13.3. The molecule has 25 heavy (non-hydrogen) atoms. The van der Waals surface area contributed by atoms with Crippen LogP contribution in [0.25, 0.3) is 0 Å². The third-order valence-electron chi connectivity index (χ3n) is 5.43. The monoisotopic (exact) mass is 338 g/mol. The molecule has 2 aliphatic rings. The summed E-state index contributed by atoms with van der Waals surface area (Å²) < 4.78 is 0. The molecule has 1 saturated heterocycles. The first-order valence-corrected chi connectivity index (χ1v) is 8.81. The fourth-order valence-corrected chi connectivity index (χ4v) is 3.96. The van der Waals surface area contributed by atoms with Crippen molar-refractivity contribution in [2.45, 2.75) is 39.2 Å². The molecular formula is C19H22N4O2. The number of nitrogens with zero attached hydrogens (tertiary/aromatic N) is 3. The van der Waals surface area contributed by atoms with Crippen molar-refractivity contribution in [3.63, 3.8) is 0 Å². The van der Waals surface area contributed by atoms with Crippen LogP contribution in [0.2, 0.25) is 0 Å². The van der Waals surface area contributed by atoms with Crippen molar-refractivity contribution >= 4 is 17.3 Å². The van der Waals surface area contributed by atoms with Crippen LogP contribution in [0.15, 0.2) is 29.1 Å². The van der Waals surface area contributed by atoms with Gasteiger partial charge in [-0.15, -0.1) is 0 Å². The smallest absolute Gasteiger partial charge is 0.277 e. The number of carbonyl (C=O) groups excluding carboxylic acids is 1. The second-order valence-electron chi connectivity index (χ2n) is 6.89. The minimum absolute atomic E-state index is 0.201. The van der Waals surface area contributed by atoms with Crippen molar-refractivity contribution in [3.05, 3.63) is 51.4 Å². The zero-order valence-corrected chi connectivity index (χ0v) is 14.6. The van der Waals surface area contributed by atoms with Gasteiger partial charge in [-0.3, -0.25) is 9.59 Å². The molecule has 0 unspecified atom stereocenters. The van der Waals surface area contributed by atoms with E-state index in [9.17, 15) is 9.59 Å². The van der Waals surface area contributed by atoms with Crippen LogP contribution in [-0.4, -0.2) is 35.2 Å². The number of aromatic nitrogens is 2. The molecule has 1 aromatic heterocycles. The Morgan fingerprint density at radius 3 is 2.76 bits per heavy atom. The molecule has 1 amide bonds. The van der Waals surface area contributed by atoms with E-state index < -0.39 is 5.56 Å². The van der Waals surface area contributed by atoms with Gasteiger partial charge in [0.15, 0.2) is 0 Å². The summed E-state index contributed by atoms with van der Waals surface area (Å²) in [6.07, 6.45) is 3.43. The largest absolute Gasteiger partial charge is 0.365 e. The molecule has 0 radical (unpaired) electrons. The van der Waals surface area contributed by atoms with E-state index in [0.717, 1.165) is 24.3 Å². The van der Waals surface area contributed by atoms with Crippen molar-refractivity contribution in [2.24, 2.45) is 0 Å². The zero-order chi connectivity index (χ0) is 17.6. The molecule has 6 heteroatoms. The number of fused-ring (bicyclic) bond motifs is 3. The van der Waals surface area contributed by atoms with Crippen LogP contribution in [0.3, 0.4) is 0 Å². The Kier molecular flexibility index (Phi) is 3.82. The maximum Gasteiger partial charge on any atom is 0.277 e. The molecule has 6 nitrogen and oxygen atoms in total. The topological polar surface area (TPSA) is 69.3 Å². The van der Waals surface area contributed by atoms with Crippen LogP contribution < -0.4 is 15.4 Å². The highest BCUT2D eigenvalue weighted by molar-refractivity contribution is 6.09. The van der Waals surface area contributed by atoms with E-state index in [1.165, 1.54) is 12.8 Å². The van der Waals surface area contributed by atoms with Gasteiger partial charge in [-0.05, 0) is 50.8 Å². The van der Waals surface area contributed by atoms with Gasteiger partial charge in [0.2, 0.25) is 0 Å². The van der Waals surface area contributed by atoms with Gasteiger partial charge in [0, 0.05) is 19.1 Å². The van der Waals surface area contributed by atoms with Crippen molar-refractivity contribution in [3.8, 4) is 0 Å². The lowest BCUT2D eigenvalue weighted by atomic mass is 9.96. The van der Waals surface area contributed by atoms with Crippen molar-refractivity contribution < 1.29 is 4.79 Å². The number of piperidine rings is 1. The minimum Gasteiger partial charge on any atom is -0.365 e. The first-order valence-electron chi connectivity index (χ1n) is 8.81. The molecule has 3 heterocycles. The van der Waals surface area contributed by atoms with E-state index in [0.29, 0.717) is 23.8 Å². The quantitative estimate of drug-likeness (QED) is 0.867. The van der Waals surface area contributed by atoms with Crippen LogP contribution in [-0.2, 0) is 0 Å². The van der Waals surface area contributed by atoms with Gasteiger partial charge >= 0.3 is 0 Å². The predicted molar refractivity (Wildman–Crippen MR) is 97.4 cm³/mol. The summed E-state index contributed by atoms with van der Waals surface area (Å²) in [5, 5.41) is 6.41. The van der Waals surface area contributed by atoms with E-state index in [-0.39, 0.29) is 11.5 Å². The molecule has 0 bridgehead atoms. The summed E-state index contributed by atoms with van der Waals surface area (Å²) in [6.45, 7) is 5.23. The van der Waals surface area contributed by atoms with Gasteiger partial charge in [0.25, 0.3) is 11.5 Å². The average Bonchev–Trinajstić information content (AvgIpc) is 2.64. The molecule has 0 saturated carbocycles. The van der Waals surface area contributed by atoms with E-state index in [2.05, 4.69) is 21.2 Å². The Balaban J connectivity index is 1.81. The number of aromatic amines is 1. The van der Waals surface area contributed by atoms with Gasteiger partial charge in [0.1, 0.15) is 5.56 Å². The lowest BCUT2D eigenvalue weighted by molar-refractivity contribution is 0.0980. The normalized spacial score (nSPS) is 19.4. The fourth-order valence-electron chi connectivity index (χ4n) is 3.96. The molecule has 1 fully saturated rings. The first-order chi connectivity index (χ1) is 12.1. The molecule has 1 atom stereocenters. The highest BCUT2D eigenvalue weighted by atomic mass is 16.2. The highest BCUT2D eigenvalue weighted by Gasteiger charge is 2.36. The van der Waals surface area contributed by atoms with Crippen LogP contribution in [0.5, 0.6) is 0 Å². The molecular weight excluding hydrogens is 316 g/mol. The average molecular weight is 338 g/mol. The molecule has 4 rings (SSSR count). The third kappa shape index (κ3) is 2.52. The van der Waals surface area contributed by atoms with Crippen molar-refractivity contribution in [2.75, 3.05) is 22.9 Å². The van der Waals surface area contributed by atoms with Gasteiger partial charge in [0.05, 0.1) is 17.1 Å². The Labute approximate surface area is 146 Å². The SMILES string of the molecule is Cc1n[nH]c(=O)c(C(=O)N2C[C@@H]3CCCCN3c3ccccc32)c1C. The summed E-state index contributed by atoms with van der Waals surface area (Å²) in [6, 6.07) is 8.30. The van der Waals surface area contributed by atoms with Crippen LogP contribution >= 0.6 is 0 Å². The Morgan fingerprint density at radius 1 is 1.20 bits per heavy atom. The number of benzene rings is 1. The standard InChI is InChI=1S/C19H22N4O2/c1-12-13(2)20-21-18(24)17(12)19(25)23-11-14-7-5-6-10-22(14)15-8-3-4-9-16(15)23/h3-4,8-9,14H,5-7,10-11H2,1-2H3,(H,21,24)/t14-/m0/s1. The molecule has 1 aromatic carbocycles. The summed E-state index contributed by atoms with van der Waals surface area (Å²) in [5.74, 6) is -0.234. The third-order valence-corrected chi connectivity index (χ3v) is 5.43. The molecule has 2 aromatic rings. The van der Waals surface area contributed by atoms with E-state index in [1.807, 2.05) is 18.2 Å². The maximum absolute atomic E-state index is 13.3. The number of nitrogens with one attached hydrogen (secondary N) is 1. The van der Waals surface area contributed by atoms with Gasteiger partial charge in [-0.1, -0.05) is 12.1 Å². The minimum atomic E-state index is -0.420. The predicted octanol–water partition coefficient (Wildman–Crippen LogP) is 2.41. The van der Waals surface area contributed by atoms with E-state index in [4.69, 9.17) is 0 Å². The lowest BCUT2D eigenvalue weighted by Gasteiger charge is -2.46. The number of amides is 1. The summed E-state index contributed by atoms with van der Waals surface area (Å²) in [7, 11) is 0. The van der Waals surface area contributed by atoms with Crippen molar-refractivity contribution in [1.29, 1.82) is 0 Å². The van der Waals surface area contributed by atoms with Gasteiger partial charge in [-0.25, -0.2) is 5.10 Å². The fraction of sp³-hybridized carbons (Fsp3) is 0.421. The number of H-pyrrole nitrogens is 1. The second-order valence-corrected chi connectivity index (χ2v) is 6.89. The number of anilines is 2. The second kappa shape index (κ2) is 6.02. The Bertz CT molecular complexity index is 889. The zero-order valence-electron chi connectivity index (χ0n) is 14.6. The van der Waals surface area contributed by atoms with Crippen LogP contribution in [0.4, 0.5) is 11.4 Å². The molecule has 0 aliphatic carbocycles. The van der Waals surface area contributed by atoms with Crippen LogP contribution in [0, 0.1) is 13.8 Å². The molecule has 1 N–H and O–H groups in total. The first kappa shape index (κ1) is 15.9. The Hall–Kier alpha value is -2.63. The summed E-state index contributed by atoms with van der Waals surface area (Å²) >= 11 is 0. The number of para-hydroxylation sites is 2. The number of hydrogen-bond acceptors (Lipinski definition) is 4. The van der Waals surface area contributed by atoms with Crippen LogP contribution in [0.1, 0.15) is 40.9 Å². The lowest BCUT2D eigenvalue weighted by Crippen LogP contribution is -2.53. The summed E-state index contributed by atoms with van der Waals surface area (Å²) in [5.41, 5.74) is 3.08. The number of hydrogen-bond donors (Lipinski definition) is 1. The molecule has 2 aliphatic heterocycles. The van der Waals surface area contributed by atoms with E-state index >= 15 is 0 Å². The molecule has 0 spiro atoms. The molecule has 130 valence electrons.